The highest BCUT2D eigenvalue weighted by Crippen LogP contribution is 2.39. The summed E-state index contributed by atoms with van der Waals surface area (Å²) in [7, 11) is 1.65. The van der Waals surface area contributed by atoms with E-state index >= 15 is 0 Å². The van der Waals surface area contributed by atoms with E-state index in [1.807, 2.05) is 0 Å². The standard InChI is InChI=1S/C19H24ClN7O2/c1-26-17(28)12(14(21)11-2-6-24-16(23)13(11)20)15(22)25-18(26)27-7-3-19(4-8-27)5-9-29-10-19/h2,6,22H,3-5,7-10,21H2,1H3,(H2,23,24)/b14-12+,22-15?. The Morgan fingerprint density at radius 1 is 1.34 bits per heavy atom. The number of hydrogen-bond acceptors (Lipinski definition) is 7. The van der Waals surface area contributed by atoms with Crippen LogP contribution >= 0.6 is 11.6 Å². The number of nitrogen functional groups attached to an aromatic ring is 1. The van der Waals surface area contributed by atoms with Gasteiger partial charge in [0.15, 0.2) is 5.84 Å². The maximum atomic E-state index is 13.1. The van der Waals surface area contributed by atoms with E-state index in [0.29, 0.717) is 11.5 Å². The maximum absolute atomic E-state index is 13.1. The first kappa shape index (κ1) is 19.7. The normalized spacial score (nSPS) is 23.6. The monoisotopic (exact) mass is 417 g/mol. The highest BCUT2D eigenvalue weighted by molar-refractivity contribution is 6.36. The summed E-state index contributed by atoms with van der Waals surface area (Å²) in [5, 5.41) is 8.52. The Hall–Kier alpha value is -2.65. The number of aromatic nitrogens is 1. The lowest BCUT2D eigenvalue weighted by Crippen LogP contribution is -2.53. The molecule has 0 saturated carbocycles. The number of halogens is 1. The average molecular weight is 418 g/mol. The number of carbonyl (C=O) groups excluding carboxylic acids is 1. The molecule has 3 aliphatic rings. The van der Waals surface area contributed by atoms with E-state index < -0.39 is 5.91 Å². The predicted molar refractivity (Wildman–Crippen MR) is 111 cm³/mol. The molecular weight excluding hydrogens is 394 g/mol. The van der Waals surface area contributed by atoms with Crippen molar-refractivity contribution in [3.8, 4) is 0 Å². The van der Waals surface area contributed by atoms with Crippen LogP contribution in [-0.2, 0) is 9.53 Å². The van der Waals surface area contributed by atoms with Crippen LogP contribution < -0.4 is 11.5 Å². The van der Waals surface area contributed by atoms with Crippen LogP contribution in [0.5, 0.6) is 0 Å². The first-order valence-electron chi connectivity index (χ1n) is 9.51. The molecular formula is C19H24ClN7O2. The van der Waals surface area contributed by atoms with Gasteiger partial charge in [0, 0.05) is 38.5 Å². The Labute approximate surface area is 173 Å². The number of ether oxygens (including phenoxy) is 1. The fraction of sp³-hybridized carbons (Fsp3) is 0.474. The van der Waals surface area contributed by atoms with E-state index in [1.165, 1.54) is 11.1 Å². The Bertz CT molecular complexity index is 926. The third kappa shape index (κ3) is 3.34. The smallest absolute Gasteiger partial charge is 0.266 e. The molecule has 0 aromatic carbocycles. The second-order valence-corrected chi connectivity index (χ2v) is 8.14. The number of guanidine groups is 1. The van der Waals surface area contributed by atoms with Gasteiger partial charge in [0.2, 0.25) is 5.96 Å². The summed E-state index contributed by atoms with van der Waals surface area (Å²) in [5.74, 6) is 0.00816. The van der Waals surface area contributed by atoms with Gasteiger partial charge in [-0.3, -0.25) is 15.1 Å². The van der Waals surface area contributed by atoms with Crippen molar-refractivity contribution in [2.24, 2.45) is 16.1 Å². The first-order chi connectivity index (χ1) is 13.8. The molecule has 1 aromatic heterocycles. The molecule has 2 saturated heterocycles. The topological polar surface area (TPSA) is 134 Å². The Morgan fingerprint density at radius 3 is 2.72 bits per heavy atom. The molecule has 10 heteroatoms. The predicted octanol–water partition coefficient (Wildman–Crippen LogP) is 1.29. The minimum atomic E-state index is -0.395. The molecule has 3 aliphatic heterocycles. The van der Waals surface area contributed by atoms with Crippen LogP contribution in [0.15, 0.2) is 22.8 Å². The summed E-state index contributed by atoms with van der Waals surface area (Å²) in [6.45, 7) is 3.17. The van der Waals surface area contributed by atoms with Crippen molar-refractivity contribution in [2.45, 2.75) is 19.3 Å². The Balaban J connectivity index is 1.62. The number of amides is 1. The molecule has 29 heavy (non-hydrogen) atoms. The molecule has 9 nitrogen and oxygen atoms in total. The second kappa shape index (κ2) is 7.31. The molecule has 1 spiro atoms. The van der Waals surface area contributed by atoms with Crippen LogP contribution in [0.3, 0.4) is 0 Å². The Morgan fingerprint density at radius 2 is 2.07 bits per heavy atom. The van der Waals surface area contributed by atoms with Gasteiger partial charge < -0.3 is 21.1 Å². The molecule has 0 aliphatic carbocycles. The van der Waals surface area contributed by atoms with Crippen molar-refractivity contribution >= 4 is 40.8 Å². The van der Waals surface area contributed by atoms with Gasteiger partial charge in [0.05, 0.1) is 17.3 Å². The summed E-state index contributed by atoms with van der Waals surface area (Å²) in [6, 6.07) is 1.56. The first-order valence-corrected chi connectivity index (χ1v) is 9.89. The molecule has 5 N–H and O–H groups in total. The second-order valence-electron chi connectivity index (χ2n) is 7.76. The third-order valence-corrected chi connectivity index (χ3v) is 6.43. The number of pyridine rings is 1. The van der Waals surface area contributed by atoms with Gasteiger partial charge in [0.25, 0.3) is 5.91 Å². The summed E-state index contributed by atoms with van der Waals surface area (Å²) < 4.78 is 5.58. The molecule has 1 amide bonds. The SMILES string of the molecule is CN1C(=O)/C(=C(/N)c2ccnc(N)c2Cl)C(=N)N=C1N1CCC2(CCOC2)CC1. The van der Waals surface area contributed by atoms with Gasteiger partial charge in [0.1, 0.15) is 11.4 Å². The van der Waals surface area contributed by atoms with E-state index in [-0.39, 0.29) is 33.4 Å². The molecule has 4 heterocycles. The van der Waals surface area contributed by atoms with Gasteiger partial charge >= 0.3 is 0 Å². The summed E-state index contributed by atoms with van der Waals surface area (Å²) in [5.41, 5.74) is 12.6. The largest absolute Gasteiger partial charge is 0.397 e. The molecule has 0 atom stereocenters. The van der Waals surface area contributed by atoms with Gasteiger partial charge in [-0.2, -0.15) is 4.99 Å². The fourth-order valence-electron chi connectivity index (χ4n) is 4.14. The number of nitrogens with two attached hydrogens (primary N) is 2. The number of likely N-dealkylation sites (N-methyl/N-ethyl adjacent to an activating group) is 1. The maximum Gasteiger partial charge on any atom is 0.266 e. The fourth-order valence-corrected chi connectivity index (χ4v) is 4.36. The number of anilines is 1. The number of piperidine rings is 1. The van der Waals surface area contributed by atoms with Crippen LogP contribution in [0, 0.1) is 10.8 Å². The minimum Gasteiger partial charge on any atom is -0.397 e. The number of nitrogens with one attached hydrogen (secondary N) is 1. The van der Waals surface area contributed by atoms with Crippen LogP contribution in [0.4, 0.5) is 5.82 Å². The lowest BCUT2D eigenvalue weighted by molar-refractivity contribution is -0.122. The number of hydrogen-bond donors (Lipinski definition) is 3. The quantitative estimate of drug-likeness (QED) is 0.589. The number of likely N-dealkylation sites (tertiary alicyclic amines) is 1. The van der Waals surface area contributed by atoms with E-state index in [9.17, 15) is 4.79 Å². The highest BCUT2D eigenvalue weighted by Gasteiger charge is 2.41. The summed E-state index contributed by atoms with van der Waals surface area (Å²) >= 11 is 6.20. The van der Waals surface area contributed by atoms with Crippen molar-refractivity contribution in [3.05, 3.63) is 28.4 Å². The van der Waals surface area contributed by atoms with Crippen molar-refractivity contribution in [1.82, 2.24) is 14.8 Å². The Kier molecular flexibility index (Phi) is 4.95. The van der Waals surface area contributed by atoms with Crippen LogP contribution in [-0.4, -0.2) is 65.8 Å². The van der Waals surface area contributed by atoms with Gasteiger partial charge in [-0.25, -0.2) is 4.98 Å². The molecule has 1 aromatic rings. The number of amidine groups is 1. The lowest BCUT2D eigenvalue weighted by atomic mass is 9.78. The van der Waals surface area contributed by atoms with Crippen LogP contribution in [0.1, 0.15) is 24.8 Å². The molecule has 4 rings (SSSR count). The van der Waals surface area contributed by atoms with E-state index in [1.54, 1.807) is 13.1 Å². The number of aliphatic imine (C=N–C) groups is 1. The molecule has 0 unspecified atom stereocenters. The third-order valence-electron chi connectivity index (χ3n) is 6.03. The van der Waals surface area contributed by atoms with Crippen molar-refractivity contribution in [3.63, 3.8) is 0 Å². The van der Waals surface area contributed by atoms with Gasteiger partial charge in [-0.05, 0) is 30.7 Å². The lowest BCUT2D eigenvalue weighted by Gasteiger charge is -2.42. The zero-order valence-electron chi connectivity index (χ0n) is 16.2. The van der Waals surface area contributed by atoms with Crippen molar-refractivity contribution in [2.75, 3.05) is 39.1 Å². The van der Waals surface area contributed by atoms with Gasteiger partial charge in [-0.1, -0.05) is 11.6 Å². The van der Waals surface area contributed by atoms with Crippen LogP contribution in [0.2, 0.25) is 5.02 Å². The number of carbonyl (C=O) groups is 1. The highest BCUT2D eigenvalue weighted by atomic mass is 35.5. The molecule has 154 valence electrons. The summed E-state index contributed by atoms with van der Waals surface area (Å²) in [4.78, 5) is 24.9. The molecule has 0 radical (unpaired) electrons. The van der Waals surface area contributed by atoms with Gasteiger partial charge in [-0.15, -0.1) is 0 Å². The van der Waals surface area contributed by atoms with E-state index in [2.05, 4.69) is 14.9 Å². The minimum absolute atomic E-state index is 0.00132. The molecule has 0 bridgehead atoms. The number of rotatable bonds is 1. The summed E-state index contributed by atoms with van der Waals surface area (Å²) in [6.07, 6.45) is 4.50. The van der Waals surface area contributed by atoms with E-state index in [4.69, 9.17) is 33.2 Å². The van der Waals surface area contributed by atoms with Crippen molar-refractivity contribution < 1.29 is 9.53 Å². The van der Waals surface area contributed by atoms with E-state index in [0.717, 1.165) is 45.6 Å². The zero-order chi connectivity index (χ0) is 20.8. The van der Waals surface area contributed by atoms with Crippen molar-refractivity contribution in [1.29, 1.82) is 5.41 Å². The number of nitrogens with zero attached hydrogens (tertiary/aromatic N) is 4. The average Bonchev–Trinajstić information content (AvgIpc) is 3.15. The molecule has 2 fully saturated rings. The zero-order valence-corrected chi connectivity index (χ0v) is 17.0. The van der Waals surface area contributed by atoms with Crippen LogP contribution in [0.25, 0.3) is 5.70 Å².